The molecule has 21 heavy (non-hydrogen) atoms. The molecule has 1 aliphatic heterocycles. The first-order chi connectivity index (χ1) is 10.2. The third kappa shape index (κ3) is 4.88. The van der Waals surface area contributed by atoms with Crippen molar-refractivity contribution < 1.29 is 9.59 Å². The van der Waals surface area contributed by atoms with Crippen LogP contribution in [0.15, 0.2) is 30.3 Å². The van der Waals surface area contributed by atoms with Crippen molar-refractivity contribution in [3.05, 3.63) is 35.9 Å². The fourth-order valence-electron chi connectivity index (χ4n) is 2.71. The number of hydrogen-bond acceptors (Lipinski definition) is 2. The Hall–Kier alpha value is -1.84. The zero-order chi connectivity index (χ0) is 15.1. The van der Waals surface area contributed by atoms with Crippen molar-refractivity contribution in [1.82, 2.24) is 10.2 Å². The largest absolute Gasteiger partial charge is 0.353 e. The summed E-state index contributed by atoms with van der Waals surface area (Å²) in [6.07, 6.45) is 3.67. The zero-order valence-corrected chi connectivity index (χ0v) is 12.7. The average Bonchev–Trinajstić information content (AvgIpc) is 2.49. The summed E-state index contributed by atoms with van der Waals surface area (Å²) in [4.78, 5) is 25.7. The number of hydrogen-bond donors (Lipinski definition) is 1. The second-order valence-corrected chi connectivity index (χ2v) is 5.63. The number of nitrogens with zero attached hydrogens (tertiary/aromatic N) is 1. The Morgan fingerprint density at radius 1 is 1.19 bits per heavy atom. The predicted octanol–water partition coefficient (Wildman–Crippen LogP) is 2.14. The van der Waals surface area contributed by atoms with Crippen molar-refractivity contribution in [1.29, 1.82) is 0 Å². The third-order valence-electron chi connectivity index (χ3n) is 3.88. The van der Waals surface area contributed by atoms with Crippen molar-refractivity contribution in [2.24, 2.45) is 0 Å². The molecule has 0 unspecified atom stereocenters. The first-order valence-electron chi connectivity index (χ1n) is 7.80. The smallest absolute Gasteiger partial charge is 0.224 e. The summed E-state index contributed by atoms with van der Waals surface area (Å²) in [7, 11) is 0. The molecule has 0 aliphatic carbocycles. The molecule has 0 atom stereocenters. The summed E-state index contributed by atoms with van der Waals surface area (Å²) in [5.41, 5.74) is 1.03. The van der Waals surface area contributed by atoms with Gasteiger partial charge < -0.3 is 10.2 Å². The van der Waals surface area contributed by atoms with E-state index < -0.39 is 0 Å². The molecule has 0 radical (unpaired) electrons. The van der Waals surface area contributed by atoms with Gasteiger partial charge in [0.05, 0.1) is 6.42 Å². The van der Waals surface area contributed by atoms with Gasteiger partial charge in [-0.15, -0.1) is 0 Å². The van der Waals surface area contributed by atoms with Crippen molar-refractivity contribution in [3.63, 3.8) is 0 Å². The first-order valence-corrected chi connectivity index (χ1v) is 7.80. The molecule has 0 saturated carbocycles. The summed E-state index contributed by atoms with van der Waals surface area (Å²) in [5.74, 6) is 0.311. The molecule has 1 saturated heterocycles. The summed E-state index contributed by atoms with van der Waals surface area (Å²) >= 11 is 0. The van der Waals surface area contributed by atoms with Crippen molar-refractivity contribution in [3.8, 4) is 0 Å². The molecule has 1 aliphatic rings. The highest BCUT2D eigenvalue weighted by molar-refractivity contribution is 5.79. The Morgan fingerprint density at radius 3 is 2.48 bits per heavy atom. The highest BCUT2D eigenvalue weighted by Gasteiger charge is 2.23. The lowest BCUT2D eigenvalue weighted by molar-refractivity contribution is -0.132. The molecular weight excluding hydrogens is 264 g/mol. The first kappa shape index (κ1) is 15.5. The summed E-state index contributed by atoms with van der Waals surface area (Å²) < 4.78 is 0. The summed E-state index contributed by atoms with van der Waals surface area (Å²) in [6, 6.07) is 9.97. The highest BCUT2D eigenvalue weighted by atomic mass is 16.2. The minimum absolute atomic E-state index is 0.0690. The quantitative estimate of drug-likeness (QED) is 0.902. The lowest BCUT2D eigenvalue weighted by Crippen LogP contribution is -2.46. The van der Waals surface area contributed by atoms with E-state index in [0.717, 1.165) is 37.9 Å². The van der Waals surface area contributed by atoms with E-state index in [-0.39, 0.29) is 17.9 Å². The number of benzene rings is 1. The molecule has 1 fully saturated rings. The summed E-state index contributed by atoms with van der Waals surface area (Å²) in [6.45, 7) is 3.54. The number of nitrogens with one attached hydrogen (secondary N) is 1. The molecule has 2 rings (SSSR count). The van der Waals surface area contributed by atoms with Crippen LogP contribution in [0.4, 0.5) is 0 Å². The van der Waals surface area contributed by atoms with Crippen LogP contribution >= 0.6 is 0 Å². The number of carbonyl (C=O) groups is 2. The van der Waals surface area contributed by atoms with E-state index in [0.29, 0.717) is 12.8 Å². The second-order valence-electron chi connectivity index (χ2n) is 5.63. The second kappa shape index (κ2) is 7.81. The number of piperidine rings is 1. The molecular formula is C17H24N2O2. The predicted molar refractivity (Wildman–Crippen MR) is 82.8 cm³/mol. The van der Waals surface area contributed by atoms with Gasteiger partial charge in [0.15, 0.2) is 0 Å². The van der Waals surface area contributed by atoms with Gasteiger partial charge in [0.25, 0.3) is 0 Å². The molecule has 1 aromatic carbocycles. The van der Waals surface area contributed by atoms with Gasteiger partial charge in [0.2, 0.25) is 11.8 Å². The van der Waals surface area contributed by atoms with E-state index in [1.54, 1.807) is 0 Å². The van der Waals surface area contributed by atoms with E-state index in [1.807, 2.05) is 42.2 Å². The van der Waals surface area contributed by atoms with Gasteiger partial charge in [0.1, 0.15) is 0 Å². The molecule has 114 valence electrons. The molecule has 1 aromatic rings. The van der Waals surface area contributed by atoms with Crippen molar-refractivity contribution >= 4 is 11.8 Å². The van der Waals surface area contributed by atoms with Gasteiger partial charge in [0, 0.05) is 25.6 Å². The van der Waals surface area contributed by atoms with Gasteiger partial charge in [-0.1, -0.05) is 37.3 Å². The molecule has 2 amide bonds. The standard InChI is InChI=1S/C17H24N2O2/c1-2-6-17(21)19-11-9-15(10-12-19)18-16(20)13-14-7-4-3-5-8-14/h3-5,7-8,15H,2,6,9-13H2,1H3,(H,18,20). The van der Waals surface area contributed by atoms with Crippen LogP contribution in [0.25, 0.3) is 0 Å². The lowest BCUT2D eigenvalue weighted by Gasteiger charge is -2.32. The number of likely N-dealkylation sites (tertiary alicyclic amines) is 1. The fourth-order valence-corrected chi connectivity index (χ4v) is 2.71. The van der Waals surface area contributed by atoms with Crippen LogP contribution in [0, 0.1) is 0 Å². The Labute approximate surface area is 126 Å². The van der Waals surface area contributed by atoms with E-state index in [4.69, 9.17) is 0 Å². The normalized spacial score (nSPS) is 15.8. The number of carbonyl (C=O) groups excluding carboxylic acids is 2. The fraction of sp³-hybridized carbons (Fsp3) is 0.529. The van der Waals surface area contributed by atoms with E-state index >= 15 is 0 Å². The van der Waals surface area contributed by atoms with E-state index in [9.17, 15) is 9.59 Å². The Bertz CT molecular complexity index is 465. The Balaban J connectivity index is 1.73. The van der Waals surface area contributed by atoms with Crippen LogP contribution < -0.4 is 5.32 Å². The maximum absolute atomic E-state index is 12.0. The van der Waals surface area contributed by atoms with Crippen LogP contribution in [0.1, 0.15) is 38.2 Å². The van der Waals surface area contributed by atoms with Crippen LogP contribution in [-0.4, -0.2) is 35.8 Å². The van der Waals surface area contributed by atoms with Gasteiger partial charge in [-0.05, 0) is 24.8 Å². The van der Waals surface area contributed by atoms with E-state index in [1.165, 1.54) is 0 Å². The topological polar surface area (TPSA) is 49.4 Å². The van der Waals surface area contributed by atoms with Gasteiger partial charge in [-0.3, -0.25) is 9.59 Å². The molecule has 4 heteroatoms. The van der Waals surface area contributed by atoms with Crippen LogP contribution in [0.3, 0.4) is 0 Å². The Kier molecular flexibility index (Phi) is 5.78. The molecule has 1 heterocycles. The summed E-state index contributed by atoms with van der Waals surface area (Å²) in [5, 5.41) is 3.08. The number of rotatable bonds is 5. The molecule has 0 bridgehead atoms. The molecule has 1 N–H and O–H groups in total. The van der Waals surface area contributed by atoms with Gasteiger partial charge in [-0.2, -0.15) is 0 Å². The highest BCUT2D eigenvalue weighted by Crippen LogP contribution is 2.12. The minimum Gasteiger partial charge on any atom is -0.353 e. The molecule has 0 aromatic heterocycles. The monoisotopic (exact) mass is 288 g/mol. The van der Waals surface area contributed by atoms with Gasteiger partial charge >= 0.3 is 0 Å². The van der Waals surface area contributed by atoms with Crippen LogP contribution in [-0.2, 0) is 16.0 Å². The molecule has 0 spiro atoms. The van der Waals surface area contributed by atoms with Crippen LogP contribution in [0.2, 0.25) is 0 Å². The van der Waals surface area contributed by atoms with Crippen molar-refractivity contribution in [2.75, 3.05) is 13.1 Å². The number of amides is 2. The zero-order valence-electron chi connectivity index (χ0n) is 12.7. The van der Waals surface area contributed by atoms with Gasteiger partial charge in [-0.25, -0.2) is 0 Å². The van der Waals surface area contributed by atoms with Crippen molar-refractivity contribution in [2.45, 2.75) is 45.1 Å². The maximum atomic E-state index is 12.0. The lowest BCUT2D eigenvalue weighted by atomic mass is 10.0. The third-order valence-corrected chi connectivity index (χ3v) is 3.88. The average molecular weight is 288 g/mol. The van der Waals surface area contributed by atoms with Crippen LogP contribution in [0.5, 0.6) is 0 Å². The Morgan fingerprint density at radius 2 is 1.86 bits per heavy atom. The molecule has 4 nitrogen and oxygen atoms in total. The maximum Gasteiger partial charge on any atom is 0.224 e. The minimum atomic E-state index is 0.0690. The van der Waals surface area contributed by atoms with E-state index in [2.05, 4.69) is 5.32 Å². The SMILES string of the molecule is CCCC(=O)N1CCC(NC(=O)Cc2ccccc2)CC1.